The molecule has 1 N–H and O–H groups in total. The number of hydrogen-bond acceptors (Lipinski definition) is 4. The third kappa shape index (κ3) is 4.85. The van der Waals surface area contributed by atoms with E-state index in [4.69, 9.17) is 4.74 Å². The van der Waals surface area contributed by atoms with Crippen molar-refractivity contribution in [2.75, 3.05) is 6.54 Å². The van der Waals surface area contributed by atoms with Crippen LogP contribution in [0.15, 0.2) is 48.0 Å². The highest BCUT2D eigenvalue weighted by atomic mass is 19.1. The maximum Gasteiger partial charge on any atom is 0.295 e. The number of unbranched alkanes of at least 4 members (excludes halogenated alkanes) is 2. The molecule has 0 aromatic heterocycles. The smallest absolute Gasteiger partial charge is 0.295 e. The molecule has 2 aromatic rings. The highest BCUT2D eigenvalue weighted by Gasteiger charge is 2.45. The van der Waals surface area contributed by atoms with Crippen molar-refractivity contribution in [2.24, 2.45) is 0 Å². The van der Waals surface area contributed by atoms with Crippen LogP contribution < -0.4 is 4.74 Å². The Balaban J connectivity index is 2.14. The second-order valence-corrected chi connectivity index (χ2v) is 8.40. The molecule has 1 unspecified atom stereocenters. The van der Waals surface area contributed by atoms with Gasteiger partial charge in [-0.1, -0.05) is 31.9 Å². The average molecular weight is 440 g/mol. The third-order valence-electron chi connectivity index (χ3n) is 5.52. The van der Waals surface area contributed by atoms with E-state index in [2.05, 4.69) is 6.92 Å². The predicted octanol–water partition coefficient (Wildman–Crippen LogP) is 5.53. The Bertz CT molecular complexity index is 1040. The van der Waals surface area contributed by atoms with Crippen molar-refractivity contribution in [1.82, 2.24) is 4.90 Å². The minimum absolute atomic E-state index is 0.0132. The molecule has 32 heavy (non-hydrogen) atoms. The number of aliphatic hydroxyl groups is 1. The molecule has 0 saturated carbocycles. The zero-order chi connectivity index (χ0) is 23.4. The fourth-order valence-corrected chi connectivity index (χ4v) is 3.97. The van der Waals surface area contributed by atoms with Crippen LogP contribution in [0.5, 0.6) is 5.75 Å². The number of carbonyl (C=O) groups is 2. The number of halogens is 1. The summed E-state index contributed by atoms with van der Waals surface area (Å²) >= 11 is 0. The first-order valence-electron chi connectivity index (χ1n) is 11.1. The summed E-state index contributed by atoms with van der Waals surface area (Å²) in [6, 6.07) is 10.6. The van der Waals surface area contributed by atoms with E-state index in [0.29, 0.717) is 29.0 Å². The first-order chi connectivity index (χ1) is 15.2. The standard InChI is InChI=1S/C26H30FNO4/c1-5-6-7-13-28-23(18-9-8-10-20(15-18)32-16(2)3)22(25(30)26(28)31)24(29)19-11-12-21(27)17(4)14-19/h8-12,14-16,23,29H,5-7,13H2,1-4H3/b24-22-. The molecule has 1 heterocycles. The van der Waals surface area contributed by atoms with Crippen LogP contribution in [-0.4, -0.2) is 34.3 Å². The Morgan fingerprint density at radius 2 is 1.91 bits per heavy atom. The largest absolute Gasteiger partial charge is 0.507 e. The van der Waals surface area contributed by atoms with E-state index in [1.54, 1.807) is 19.1 Å². The van der Waals surface area contributed by atoms with Crippen molar-refractivity contribution in [3.63, 3.8) is 0 Å². The molecular formula is C26H30FNO4. The summed E-state index contributed by atoms with van der Waals surface area (Å²) < 4.78 is 19.6. The van der Waals surface area contributed by atoms with Gasteiger partial charge in [0.05, 0.1) is 17.7 Å². The molecule has 2 aromatic carbocycles. The van der Waals surface area contributed by atoms with Crippen molar-refractivity contribution in [3.8, 4) is 5.75 Å². The van der Waals surface area contributed by atoms with E-state index in [1.807, 2.05) is 26.0 Å². The normalized spacial score (nSPS) is 17.9. The van der Waals surface area contributed by atoms with Gasteiger partial charge in [0.1, 0.15) is 17.3 Å². The summed E-state index contributed by atoms with van der Waals surface area (Å²) in [6.07, 6.45) is 2.60. The molecule has 0 radical (unpaired) electrons. The minimum Gasteiger partial charge on any atom is -0.507 e. The minimum atomic E-state index is -0.743. The maximum atomic E-state index is 13.8. The number of Topliss-reactive ketones (excluding diaryl/α,β-unsaturated/α-hetero) is 1. The molecule has 1 saturated heterocycles. The van der Waals surface area contributed by atoms with Crippen molar-refractivity contribution >= 4 is 17.4 Å². The second-order valence-electron chi connectivity index (χ2n) is 8.40. The Hall–Kier alpha value is -3.15. The molecule has 0 aliphatic carbocycles. The van der Waals surface area contributed by atoms with Crippen LogP contribution in [0.2, 0.25) is 0 Å². The van der Waals surface area contributed by atoms with Crippen LogP contribution in [0, 0.1) is 12.7 Å². The molecule has 1 aliphatic heterocycles. The Labute approximate surface area is 188 Å². The van der Waals surface area contributed by atoms with Crippen LogP contribution in [-0.2, 0) is 9.59 Å². The van der Waals surface area contributed by atoms with Crippen LogP contribution in [0.1, 0.15) is 62.8 Å². The van der Waals surface area contributed by atoms with Crippen LogP contribution in [0.25, 0.3) is 5.76 Å². The number of aliphatic hydroxyl groups excluding tert-OH is 1. The zero-order valence-corrected chi connectivity index (χ0v) is 19.0. The Morgan fingerprint density at radius 3 is 2.56 bits per heavy atom. The Morgan fingerprint density at radius 1 is 1.16 bits per heavy atom. The topological polar surface area (TPSA) is 66.8 Å². The molecule has 0 bridgehead atoms. The van der Waals surface area contributed by atoms with E-state index in [-0.39, 0.29) is 17.4 Å². The van der Waals surface area contributed by atoms with Crippen molar-refractivity contribution in [1.29, 1.82) is 0 Å². The third-order valence-corrected chi connectivity index (χ3v) is 5.52. The van der Waals surface area contributed by atoms with Crippen LogP contribution in [0.3, 0.4) is 0 Å². The van der Waals surface area contributed by atoms with E-state index in [9.17, 15) is 19.1 Å². The first kappa shape index (κ1) is 23.5. The van der Waals surface area contributed by atoms with Gasteiger partial charge < -0.3 is 14.7 Å². The summed E-state index contributed by atoms with van der Waals surface area (Å²) in [6.45, 7) is 7.88. The van der Waals surface area contributed by atoms with Gasteiger partial charge in [0.25, 0.3) is 11.7 Å². The van der Waals surface area contributed by atoms with Gasteiger partial charge in [0, 0.05) is 12.1 Å². The first-order valence-corrected chi connectivity index (χ1v) is 11.1. The fourth-order valence-electron chi connectivity index (χ4n) is 3.97. The number of nitrogens with zero attached hydrogens (tertiary/aromatic N) is 1. The van der Waals surface area contributed by atoms with Gasteiger partial charge in [0.2, 0.25) is 0 Å². The summed E-state index contributed by atoms with van der Waals surface area (Å²) in [5.41, 5.74) is 1.34. The van der Waals surface area contributed by atoms with E-state index < -0.39 is 23.5 Å². The summed E-state index contributed by atoms with van der Waals surface area (Å²) in [4.78, 5) is 27.5. The second kappa shape index (κ2) is 9.98. The van der Waals surface area contributed by atoms with Gasteiger partial charge >= 0.3 is 0 Å². The number of carbonyl (C=O) groups excluding carboxylic acids is 2. The highest BCUT2D eigenvalue weighted by molar-refractivity contribution is 6.46. The average Bonchev–Trinajstić information content (AvgIpc) is 3.00. The molecule has 3 rings (SSSR count). The van der Waals surface area contributed by atoms with Gasteiger partial charge in [-0.2, -0.15) is 0 Å². The number of benzene rings is 2. The lowest BCUT2D eigenvalue weighted by atomic mass is 9.94. The van der Waals surface area contributed by atoms with Gasteiger partial charge in [-0.05, 0) is 68.7 Å². The van der Waals surface area contributed by atoms with Gasteiger partial charge in [-0.15, -0.1) is 0 Å². The predicted molar refractivity (Wildman–Crippen MR) is 122 cm³/mol. The van der Waals surface area contributed by atoms with E-state index >= 15 is 0 Å². The Kier molecular flexibility index (Phi) is 7.33. The summed E-state index contributed by atoms with van der Waals surface area (Å²) in [5.74, 6) is -1.46. The number of amides is 1. The lowest BCUT2D eigenvalue weighted by Crippen LogP contribution is -2.30. The number of ketones is 1. The van der Waals surface area contributed by atoms with Crippen LogP contribution in [0.4, 0.5) is 4.39 Å². The number of hydrogen-bond donors (Lipinski definition) is 1. The highest BCUT2D eigenvalue weighted by Crippen LogP contribution is 2.40. The van der Waals surface area contributed by atoms with Crippen molar-refractivity contribution in [2.45, 2.75) is 59.1 Å². The van der Waals surface area contributed by atoms with Gasteiger partial charge in [0.15, 0.2) is 0 Å². The molecular weight excluding hydrogens is 409 g/mol. The van der Waals surface area contributed by atoms with Gasteiger partial charge in [-0.3, -0.25) is 9.59 Å². The number of aryl methyl sites for hydroxylation is 1. The molecule has 6 heteroatoms. The van der Waals surface area contributed by atoms with E-state index in [1.165, 1.54) is 23.1 Å². The molecule has 5 nitrogen and oxygen atoms in total. The van der Waals surface area contributed by atoms with Crippen LogP contribution >= 0.6 is 0 Å². The summed E-state index contributed by atoms with van der Waals surface area (Å²) in [5, 5.41) is 11.1. The lowest BCUT2D eigenvalue weighted by molar-refractivity contribution is -0.139. The quantitative estimate of drug-likeness (QED) is 0.254. The van der Waals surface area contributed by atoms with Crippen molar-refractivity contribution < 1.29 is 23.8 Å². The fraction of sp³-hybridized carbons (Fsp3) is 0.385. The molecule has 0 spiro atoms. The van der Waals surface area contributed by atoms with Gasteiger partial charge in [-0.25, -0.2) is 4.39 Å². The maximum absolute atomic E-state index is 13.8. The molecule has 1 atom stereocenters. The molecule has 1 fully saturated rings. The number of rotatable bonds is 8. The zero-order valence-electron chi connectivity index (χ0n) is 19.0. The van der Waals surface area contributed by atoms with Crippen molar-refractivity contribution in [3.05, 3.63) is 70.5 Å². The SMILES string of the molecule is CCCCCN1C(=O)C(=O)/C(=C(\O)c2ccc(F)c(C)c2)C1c1cccc(OC(C)C)c1. The number of ether oxygens (including phenoxy) is 1. The summed E-state index contributed by atoms with van der Waals surface area (Å²) in [7, 11) is 0. The molecule has 1 aliphatic rings. The molecule has 1 amide bonds. The monoisotopic (exact) mass is 439 g/mol. The molecule has 170 valence electrons. The number of likely N-dealkylation sites (tertiary alicyclic amines) is 1. The van der Waals surface area contributed by atoms with E-state index in [0.717, 1.165) is 19.3 Å². The lowest BCUT2D eigenvalue weighted by Gasteiger charge is -2.26.